The molecule has 5 nitrogen and oxygen atoms in total. The Kier molecular flexibility index (Phi) is 10.3. The van der Waals surface area contributed by atoms with Gasteiger partial charge in [-0.2, -0.15) is 0 Å². The zero-order chi connectivity index (χ0) is 13.8. The highest BCUT2D eigenvalue weighted by molar-refractivity contribution is 5.83. The van der Waals surface area contributed by atoms with Gasteiger partial charge in [0.15, 0.2) is 0 Å². The highest BCUT2D eigenvalue weighted by Crippen LogP contribution is 1.95. The predicted molar refractivity (Wildman–Crippen MR) is 71.3 cm³/mol. The van der Waals surface area contributed by atoms with Crippen LogP contribution >= 0.6 is 0 Å². The molecule has 0 heterocycles. The van der Waals surface area contributed by atoms with Crippen LogP contribution in [0.4, 0.5) is 0 Å². The summed E-state index contributed by atoms with van der Waals surface area (Å²) >= 11 is 0. The molecule has 18 heavy (non-hydrogen) atoms. The number of hydrogen-bond acceptors (Lipinski definition) is 3. The third kappa shape index (κ3) is 8.98. The Morgan fingerprint density at radius 1 is 1.22 bits per heavy atom. The maximum absolute atomic E-state index is 11.6. The zero-order valence-corrected chi connectivity index (χ0v) is 11.8. The first kappa shape index (κ1) is 16.9. The number of carbonyl (C=O) groups excluding carboxylic acids is 2. The van der Waals surface area contributed by atoms with Crippen molar-refractivity contribution in [3.8, 4) is 0 Å². The molecule has 0 aliphatic rings. The van der Waals surface area contributed by atoms with Crippen LogP contribution < -0.4 is 5.32 Å². The molecule has 0 fully saturated rings. The monoisotopic (exact) mass is 258 g/mol. The van der Waals surface area contributed by atoms with Gasteiger partial charge in [-0.15, -0.1) is 0 Å². The van der Waals surface area contributed by atoms with Gasteiger partial charge in [0, 0.05) is 33.7 Å². The molecular weight excluding hydrogens is 232 g/mol. The van der Waals surface area contributed by atoms with E-state index < -0.39 is 0 Å². The van der Waals surface area contributed by atoms with Gasteiger partial charge in [0.25, 0.3) is 0 Å². The SMILES string of the molecule is CCCCCNC(=O)CN(CCCOC)C(C)=O. The molecule has 0 aliphatic heterocycles. The fourth-order valence-electron chi connectivity index (χ4n) is 1.58. The molecule has 106 valence electrons. The van der Waals surface area contributed by atoms with Crippen molar-refractivity contribution in [3.05, 3.63) is 0 Å². The summed E-state index contributed by atoms with van der Waals surface area (Å²) in [5.74, 6) is -0.159. The average molecular weight is 258 g/mol. The van der Waals surface area contributed by atoms with Gasteiger partial charge in [-0.1, -0.05) is 19.8 Å². The van der Waals surface area contributed by atoms with Crippen LogP contribution in [0, 0.1) is 0 Å². The summed E-state index contributed by atoms with van der Waals surface area (Å²) in [6, 6.07) is 0. The van der Waals surface area contributed by atoms with Gasteiger partial charge in [0.05, 0.1) is 6.54 Å². The predicted octanol–water partition coefficient (Wildman–Crippen LogP) is 1.18. The molecule has 0 aromatic heterocycles. The van der Waals surface area contributed by atoms with Crippen molar-refractivity contribution in [2.24, 2.45) is 0 Å². The van der Waals surface area contributed by atoms with Crippen LogP contribution in [-0.4, -0.2) is 50.1 Å². The molecule has 1 N–H and O–H groups in total. The first-order valence-electron chi connectivity index (χ1n) is 6.63. The molecule has 0 unspecified atom stereocenters. The summed E-state index contributed by atoms with van der Waals surface area (Å²) in [5, 5.41) is 2.83. The Balaban J connectivity index is 3.85. The minimum atomic E-state index is -0.0845. The lowest BCUT2D eigenvalue weighted by Gasteiger charge is -2.20. The lowest BCUT2D eigenvalue weighted by molar-refractivity contribution is -0.134. The van der Waals surface area contributed by atoms with Gasteiger partial charge in [-0.3, -0.25) is 9.59 Å². The van der Waals surface area contributed by atoms with E-state index in [0.717, 1.165) is 25.7 Å². The van der Waals surface area contributed by atoms with E-state index in [2.05, 4.69) is 12.2 Å². The number of ether oxygens (including phenoxy) is 1. The standard InChI is InChI=1S/C13H26N2O3/c1-4-5-6-8-14-13(17)11-15(12(2)16)9-7-10-18-3/h4-11H2,1-3H3,(H,14,17). The van der Waals surface area contributed by atoms with E-state index in [1.54, 1.807) is 12.0 Å². The Bertz CT molecular complexity index is 244. The van der Waals surface area contributed by atoms with E-state index in [1.165, 1.54) is 6.92 Å². The fourth-order valence-corrected chi connectivity index (χ4v) is 1.58. The molecule has 5 heteroatoms. The van der Waals surface area contributed by atoms with Gasteiger partial charge in [0.1, 0.15) is 0 Å². The van der Waals surface area contributed by atoms with Gasteiger partial charge in [-0.25, -0.2) is 0 Å². The number of carbonyl (C=O) groups is 2. The van der Waals surface area contributed by atoms with Crippen molar-refractivity contribution in [2.45, 2.75) is 39.5 Å². The normalized spacial score (nSPS) is 10.2. The molecule has 0 aromatic carbocycles. The Hall–Kier alpha value is -1.10. The molecular formula is C13H26N2O3. The van der Waals surface area contributed by atoms with E-state index in [1.807, 2.05) is 0 Å². The molecule has 0 aliphatic carbocycles. The molecule has 0 radical (unpaired) electrons. The minimum absolute atomic E-state index is 0.0742. The Labute approximate surface area is 110 Å². The van der Waals surface area contributed by atoms with Crippen molar-refractivity contribution >= 4 is 11.8 Å². The smallest absolute Gasteiger partial charge is 0.239 e. The van der Waals surface area contributed by atoms with Crippen LogP contribution in [0.15, 0.2) is 0 Å². The number of amides is 2. The van der Waals surface area contributed by atoms with Crippen LogP contribution in [0.1, 0.15) is 39.5 Å². The summed E-state index contributed by atoms with van der Waals surface area (Å²) in [5.41, 5.74) is 0. The van der Waals surface area contributed by atoms with Crippen LogP contribution in [0.25, 0.3) is 0 Å². The third-order valence-corrected chi connectivity index (χ3v) is 2.66. The number of nitrogens with one attached hydrogen (secondary N) is 1. The second kappa shape index (κ2) is 11.0. The van der Waals surface area contributed by atoms with Crippen molar-refractivity contribution in [1.82, 2.24) is 10.2 Å². The van der Waals surface area contributed by atoms with Gasteiger partial charge < -0.3 is 15.0 Å². The number of unbranched alkanes of at least 4 members (excludes halogenated alkanes) is 2. The van der Waals surface area contributed by atoms with E-state index in [-0.39, 0.29) is 18.4 Å². The van der Waals surface area contributed by atoms with Crippen molar-refractivity contribution in [3.63, 3.8) is 0 Å². The lowest BCUT2D eigenvalue weighted by atomic mass is 10.2. The Morgan fingerprint density at radius 3 is 2.50 bits per heavy atom. The second-order valence-corrected chi connectivity index (χ2v) is 4.34. The van der Waals surface area contributed by atoms with Crippen molar-refractivity contribution < 1.29 is 14.3 Å². The molecule has 0 saturated heterocycles. The Morgan fingerprint density at radius 2 is 1.94 bits per heavy atom. The molecule has 2 amide bonds. The maximum Gasteiger partial charge on any atom is 0.239 e. The summed E-state index contributed by atoms with van der Waals surface area (Å²) in [6.45, 7) is 5.60. The first-order valence-corrected chi connectivity index (χ1v) is 6.63. The summed E-state index contributed by atoms with van der Waals surface area (Å²) in [7, 11) is 1.62. The van der Waals surface area contributed by atoms with Crippen LogP contribution in [0.3, 0.4) is 0 Å². The maximum atomic E-state index is 11.6. The molecule has 0 aromatic rings. The average Bonchev–Trinajstić information content (AvgIpc) is 2.33. The van der Waals surface area contributed by atoms with E-state index in [9.17, 15) is 9.59 Å². The molecule has 0 rings (SSSR count). The van der Waals surface area contributed by atoms with Gasteiger partial charge in [0.2, 0.25) is 11.8 Å². The van der Waals surface area contributed by atoms with E-state index in [0.29, 0.717) is 19.7 Å². The second-order valence-electron chi connectivity index (χ2n) is 4.34. The number of hydrogen-bond donors (Lipinski definition) is 1. The number of nitrogens with zero attached hydrogens (tertiary/aromatic N) is 1. The summed E-state index contributed by atoms with van der Waals surface area (Å²) < 4.78 is 4.93. The number of methoxy groups -OCH3 is 1. The summed E-state index contributed by atoms with van der Waals surface area (Å²) in [6.07, 6.45) is 3.99. The van der Waals surface area contributed by atoms with Crippen molar-refractivity contribution in [2.75, 3.05) is 33.4 Å². The molecule has 0 spiro atoms. The van der Waals surface area contributed by atoms with Gasteiger partial charge >= 0.3 is 0 Å². The first-order chi connectivity index (χ1) is 8.61. The highest BCUT2D eigenvalue weighted by atomic mass is 16.5. The van der Waals surface area contributed by atoms with Crippen molar-refractivity contribution in [1.29, 1.82) is 0 Å². The minimum Gasteiger partial charge on any atom is -0.385 e. The third-order valence-electron chi connectivity index (χ3n) is 2.66. The molecule has 0 atom stereocenters. The fraction of sp³-hybridized carbons (Fsp3) is 0.846. The van der Waals surface area contributed by atoms with Crippen LogP contribution in [-0.2, 0) is 14.3 Å². The number of rotatable bonds is 10. The lowest BCUT2D eigenvalue weighted by Crippen LogP contribution is -2.40. The van der Waals surface area contributed by atoms with E-state index >= 15 is 0 Å². The molecule has 0 bridgehead atoms. The highest BCUT2D eigenvalue weighted by Gasteiger charge is 2.12. The van der Waals surface area contributed by atoms with Crippen LogP contribution in [0.2, 0.25) is 0 Å². The van der Waals surface area contributed by atoms with E-state index in [4.69, 9.17) is 4.74 Å². The van der Waals surface area contributed by atoms with Gasteiger partial charge in [-0.05, 0) is 12.8 Å². The topological polar surface area (TPSA) is 58.6 Å². The zero-order valence-electron chi connectivity index (χ0n) is 11.8. The largest absolute Gasteiger partial charge is 0.385 e. The van der Waals surface area contributed by atoms with Crippen LogP contribution in [0.5, 0.6) is 0 Å². The summed E-state index contributed by atoms with van der Waals surface area (Å²) in [4.78, 5) is 24.5. The quantitative estimate of drug-likeness (QED) is 0.599. The molecule has 0 saturated carbocycles.